The van der Waals surface area contributed by atoms with Crippen molar-refractivity contribution < 1.29 is 9.84 Å². The van der Waals surface area contributed by atoms with E-state index in [2.05, 4.69) is 6.58 Å². The van der Waals surface area contributed by atoms with Crippen molar-refractivity contribution in [3.05, 3.63) is 36.3 Å². The van der Waals surface area contributed by atoms with Crippen LogP contribution in [0.4, 0.5) is 0 Å². The minimum atomic E-state index is -0.519. The Morgan fingerprint density at radius 3 is 2.69 bits per heavy atom. The molecule has 0 aromatic rings. The highest BCUT2D eigenvalue weighted by Gasteiger charge is 2.06. The largest absolute Gasteiger partial charge is 0.489 e. The lowest BCUT2D eigenvalue weighted by Crippen LogP contribution is -2.12. The number of allylic oxidation sites excluding steroid dienone is 3. The molecule has 0 spiro atoms. The van der Waals surface area contributed by atoms with E-state index < -0.39 is 6.10 Å². The molecule has 0 unspecified atom stereocenters. The molecule has 5 N–H and O–H groups in total. The van der Waals surface area contributed by atoms with Crippen molar-refractivity contribution in [3.8, 4) is 0 Å². The summed E-state index contributed by atoms with van der Waals surface area (Å²) < 4.78 is 5.39. The third-order valence-corrected chi connectivity index (χ3v) is 1.92. The lowest BCUT2D eigenvalue weighted by molar-refractivity contribution is 0.0860. The van der Waals surface area contributed by atoms with E-state index in [1.54, 1.807) is 13.0 Å². The van der Waals surface area contributed by atoms with Crippen molar-refractivity contribution in [2.45, 2.75) is 25.9 Å². The van der Waals surface area contributed by atoms with Gasteiger partial charge >= 0.3 is 0 Å². The third kappa shape index (κ3) is 6.27. The van der Waals surface area contributed by atoms with Crippen molar-refractivity contribution in [2.75, 3.05) is 13.2 Å². The summed E-state index contributed by atoms with van der Waals surface area (Å²) in [5.74, 6) is 0.578. The van der Waals surface area contributed by atoms with Crippen LogP contribution in [0.2, 0.25) is 0 Å². The average molecular weight is 226 g/mol. The first-order valence-electron chi connectivity index (χ1n) is 5.40. The van der Waals surface area contributed by atoms with Gasteiger partial charge in [-0.1, -0.05) is 18.7 Å². The van der Waals surface area contributed by atoms with Gasteiger partial charge in [0.05, 0.1) is 6.10 Å². The van der Waals surface area contributed by atoms with Crippen LogP contribution in [0.15, 0.2) is 36.3 Å². The molecule has 0 saturated heterocycles. The van der Waals surface area contributed by atoms with Gasteiger partial charge in [0.2, 0.25) is 0 Å². The maximum Gasteiger partial charge on any atom is 0.138 e. The lowest BCUT2D eigenvalue weighted by atomic mass is 10.1. The molecule has 0 bridgehead atoms. The average Bonchev–Trinajstić information content (AvgIpc) is 2.26. The number of rotatable bonds is 8. The topological polar surface area (TPSA) is 81.5 Å². The van der Waals surface area contributed by atoms with E-state index in [4.69, 9.17) is 21.3 Å². The second-order valence-electron chi connectivity index (χ2n) is 3.51. The predicted molar refractivity (Wildman–Crippen MR) is 66.5 cm³/mol. The molecule has 0 aromatic carbocycles. The second-order valence-corrected chi connectivity index (χ2v) is 3.51. The summed E-state index contributed by atoms with van der Waals surface area (Å²) in [6.07, 6.45) is 6.04. The predicted octanol–water partition coefficient (Wildman–Crippen LogP) is 1.04. The van der Waals surface area contributed by atoms with Crippen LogP contribution in [0.1, 0.15) is 19.8 Å². The number of aliphatic hydroxyl groups excluding tert-OH is 1. The van der Waals surface area contributed by atoms with Gasteiger partial charge in [0, 0.05) is 6.20 Å². The Balaban J connectivity index is 4.47. The summed E-state index contributed by atoms with van der Waals surface area (Å²) >= 11 is 0. The Hall–Kier alpha value is -1.26. The van der Waals surface area contributed by atoms with Gasteiger partial charge in [-0.3, -0.25) is 0 Å². The van der Waals surface area contributed by atoms with Crippen LogP contribution in [0.3, 0.4) is 0 Å². The van der Waals surface area contributed by atoms with E-state index in [1.165, 1.54) is 6.20 Å². The fourth-order valence-corrected chi connectivity index (χ4v) is 1.18. The molecule has 0 radical (unpaired) electrons. The van der Waals surface area contributed by atoms with Gasteiger partial charge < -0.3 is 21.3 Å². The minimum Gasteiger partial charge on any atom is -0.489 e. The van der Waals surface area contributed by atoms with Gasteiger partial charge in [0.25, 0.3) is 0 Å². The second kappa shape index (κ2) is 9.00. The number of ether oxygens (including phenoxy) is 1. The fourth-order valence-electron chi connectivity index (χ4n) is 1.18. The quantitative estimate of drug-likeness (QED) is 0.426. The summed E-state index contributed by atoms with van der Waals surface area (Å²) in [5, 5.41) is 9.13. The minimum absolute atomic E-state index is 0.222. The summed E-state index contributed by atoms with van der Waals surface area (Å²) in [5.41, 5.74) is 11.9. The van der Waals surface area contributed by atoms with E-state index in [0.29, 0.717) is 12.3 Å². The third-order valence-electron chi connectivity index (χ3n) is 1.92. The van der Waals surface area contributed by atoms with E-state index in [9.17, 15) is 0 Å². The van der Waals surface area contributed by atoms with Crippen LogP contribution >= 0.6 is 0 Å². The van der Waals surface area contributed by atoms with Gasteiger partial charge in [-0.15, -0.1) is 0 Å². The van der Waals surface area contributed by atoms with Gasteiger partial charge in [-0.2, -0.15) is 0 Å². The summed E-state index contributed by atoms with van der Waals surface area (Å²) in [6.45, 7) is 6.13. The van der Waals surface area contributed by atoms with Crippen molar-refractivity contribution in [1.29, 1.82) is 0 Å². The van der Waals surface area contributed by atoms with Crippen molar-refractivity contribution in [3.63, 3.8) is 0 Å². The van der Waals surface area contributed by atoms with Crippen LogP contribution in [0.25, 0.3) is 0 Å². The molecule has 0 aliphatic rings. The first-order chi connectivity index (χ1) is 7.65. The Bertz CT molecular complexity index is 258. The Morgan fingerprint density at radius 1 is 1.56 bits per heavy atom. The Kier molecular flexibility index (Phi) is 8.29. The molecule has 1 atom stereocenters. The van der Waals surface area contributed by atoms with E-state index >= 15 is 0 Å². The maximum atomic E-state index is 9.13. The van der Waals surface area contributed by atoms with Crippen LogP contribution < -0.4 is 11.5 Å². The van der Waals surface area contributed by atoms with Crippen LogP contribution in [-0.4, -0.2) is 24.4 Å². The first kappa shape index (κ1) is 14.7. The molecule has 4 nitrogen and oxygen atoms in total. The zero-order valence-corrected chi connectivity index (χ0v) is 9.86. The molecule has 0 fully saturated rings. The van der Waals surface area contributed by atoms with Crippen LogP contribution in [0, 0.1) is 0 Å². The van der Waals surface area contributed by atoms with Gasteiger partial charge in [0.1, 0.15) is 12.4 Å². The van der Waals surface area contributed by atoms with Crippen LogP contribution in [0.5, 0.6) is 0 Å². The fraction of sp³-hybridized carbons (Fsp3) is 0.500. The molecule has 0 aliphatic carbocycles. The number of hydrogen-bond donors (Lipinski definition) is 3. The molecule has 0 aliphatic heterocycles. The molecule has 0 saturated carbocycles. The molecular formula is C12H22N2O2. The summed E-state index contributed by atoms with van der Waals surface area (Å²) in [6, 6.07) is 0. The van der Waals surface area contributed by atoms with Crippen LogP contribution in [-0.2, 0) is 4.74 Å². The molecule has 0 amide bonds. The van der Waals surface area contributed by atoms with E-state index in [1.807, 2.05) is 6.08 Å². The number of aliphatic hydroxyl groups is 1. The molecule has 16 heavy (non-hydrogen) atoms. The highest BCUT2D eigenvalue weighted by atomic mass is 16.5. The van der Waals surface area contributed by atoms with Gasteiger partial charge in [-0.25, -0.2) is 0 Å². The Morgan fingerprint density at radius 2 is 2.25 bits per heavy atom. The summed E-state index contributed by atoms with van der Waals surface area (Å²) in [7, 11) is 0. The standard InChI is InChI=1S/C12H22N2O2/c1-3-5-11(6-4-7-13)12(8-14)16-9-10(2)15/h3,5,8,10,15H,1,4,6-7,9,13-14H2,2H3/b11-5-,12-8+/t10-/m1/s1. The number of nitrogens with two attached hydrogens (primary N) is 2. The maximum absolute atomic E-state index is 9.13. The SMILES string of the molecule is C=C/C=C(CCCN)\C(=C/N)OC[C@@H](C)O. The molecule has 0 aromatic heterocycles. The Labute approximate surface area is 97.3 Å². The van der Waals surface area contributed by atoms with Crippen molar-refractivity contribution in [2.24, 2.45) is 11.5 Å². The molecule has 92 valence electrons. The zero-order chi connectivity index (χ0) is 12.4. The normalized spacial score (nSPS) is 14.7. The van der Waals surface area contributed by atoms with E-state index in [0.717, 1.165) is 18.4 Å². The number of hydrogen-bond acceptors (Lipinski definition) is 4. The van der Waals surface area contributed by atoms with Gasteiger partial charge in [-0.05, 0) is 31.9 Å². The van der Waals surface area contributed by atoms with E-state index in [-0.39, 0.29) is 6.61 Å². The zero-order valence-electron chi connectivity index (χ0n) is 9.86. The molecule has 4 heteroatoms. The molecule has 0 heterocycles. The lowest BCUT2D eigenvalue weighted by Gasteiger charge is -2.14. The van der Waals surface area contributed by atoms with Gasteiger partial charge in [0.15, 0.2) is 0 Å². The highest BCUT2D eigenvalue weighted by Crippen LogP contribution is 2.16. The monoisotopic (exact) mass is 226 g/mol. The van der Waals surface area contributed by atoms with Crippen molar-refractivity contribution in [1.82, 2.24) is 0 Å². The summed E-state index contributed by atoms with van der Waals surface area (Å²) in [4.78, 5) is 0. The highest BCUT2D eigenvalue weighted by molar-refractivity contribution is 5.28. The van der Waals surface area contributed by atoms with Crippen molar-refractivity contribution >= 4 is 0 Å². The molecular weight excluding hydrogens is 204 g/mol. The first-order valence-corrected chi connectivity index (χ1v) is 5.40. The molecule has 0 rings (SSSR count). The smallest absolute Gasteiger partial charge is 0.138 e.